The van der Waals surface area contributed by atoms with Gasteiger partial charge in [0.15, 0.2) is 0 Å². The number of nitrogens with zero attached hydrogens (tertiary/aromatic N) is 2. The Morgan fingerprint density at radius 2 is 1.73 bits per heavy atom. The molecule has 0 unspecified atom stereocenters. The second-order valence-electron chi connectivity index (χ2n) is 6.86. The first-order chi connectivity index (χ1) is 10.7. The Hall–Kier alpha value is -1.51. The van der Waals surface area contributed by atoms with Crippen molar-refractivity contribution < 1.29 is 4.79 Å². The van der Waals surface area contributed by atoms with E-state index in [0.29, 0.717) is 11.8 Å². The van der Waals surface area contributed by atoms with E-state index < -0.39 is 0 Å². The fraction of sp³-hybridized carbons (Fsp3) is 0.632. The smallest absolute Gasteiger partial charge is 0.222 e. The predicted octanol–water partition coefficient (Wildman–Crippen LogP) is 3.61. The van der Waals surface area contributed by atoms with Crippen molar-refractivity contribution in [3.05, 3.63) is 29.8 Å². The highest BCUT2D eigenvalue weighted by Gasteiger charge is 2.24. The number of anilines is 1. The van der Waals surface area contributed by atoms with Crippen molar-refractivity contribution in [1.82, 2.24) is 4.90 Å². The van der Waals surface area contributed by atoms with E-state index in [9.17, 15) is 4.79 Å². The van der Waals surface area contributed by atoms with E-state index in [1.54, 1.807) is 0 Å². The van der Waals surface area contributed by atoms with Crippen molar-refractivity contribution in [2.45, 2.75) is 45.4 Å². The molecule has 0 radical (unpaired) electrons. The molecule has 0 atom stereocenters. The molecule has 3 heteroatoms. The Balaban J connectivity index is 1.51. The summed E-state index contributed by atoms with van der Waals surface area (Å²) in [5, 5.41) is 0. The molecule has 0 aromatic heterocycles. The average Bonchev–Trinajstić information content (AvgIpc) is 2.56. The van der Waals surface area contributed by atoms with E-state index in [1.165, 1.54) is 43.4 Å². The monoisotopic (exact) mass is 300 g/mol. The van der Waals surface area contributed by atoms with E-state index in [-0.39, 0.29) is 0 Å². The minimum atomic E-state index is 0.385. The standard InChI is InChI=1S/C19H28N2O/c1-16-7-5-6-10-18(16)20-11-13-21(14-12-20)19(22)15-17-8-3-2-4-9-17/h5-7,10,17H,2-4,8-9,11-15H2,1H3. The van der Waals surface area contributed by atoms with Crippen LogP contribution in [0.4, 0.5) is 5.69 Å². The van der Waals surface area contributed by atoms with Crippen LogP contribution in [0, 0.1) is 12.8 Å². The van der Waals surface area contributed by atoms with Crippen molar-refractivity contribution in [2.75, 3.05) is 31.1 Å². The average molecular weight is 300 g/mol. The third-order valence-electron chi connectivity index (χ3n) is 5.28. The Morgan fingerprint density at radius 3 is 2.41 bits per heavy atom. The van der Waals surface area contributed by atoms with Gasteiger partial charge in [-0.25, -0.2) is 0 Å². The normalized spacial score (nSPS) is 20.2. The summed E-state index contributed by atoms with van der Waals surface area (Å²) >= 11 is 0. The van der Waals surface area contributed by atoms with Gasteiger partial charge in [0.25, 0.3) is 0 Å². The Kier molecular flexibility index (Phi) is 5.01. The van der Waals surface area contributed by atoms with Crippen molar-refractivity contribution >= 4 is 11.6 Å². The van der Waals surface area contributed by atoms with Gasteiger partial charge in [0.1, 0.15) is 0 Å². The third kappa shape index (κ3) is 3.63. The summed E-state index contributed by atoms with van der Waals surface area (Å²) in [6, 6.07) is 8.54. The molecule has 22 heavy (non-hydrogen) atoms. The van der Waals surface area contributed by atoms with E-state index in [1.807, 2.05) is 0 Å². The molecule has 1 saturated heterocycles. The molecule has 0 spiro atoms. The number of piperazine rings is 1. The number of hydrogen-bond donors (Lipinski definition) is 0. The fourth-order valence-corrected chi connectivity index (χ4v) is 3.88. The van der Waals surface area contributed by atoms with Crippen LogP contribution in [0.3, 0.4) is 0 Å². The molecule has 1 aromatic carbocycles. The van der Waals surface area contributed by atoms with Crippen molar-refractivity contribution in [3.63, 3.8) is 0 Å². The highest BCUT2D eigenvalue weighted by molar-refractivity contribution is 5.76. The largest absolute Gasteiger partial charge is 0.368 e. The summed E-state index contributed by atoms with van der Waals surface area (Å²) in [7, 11) is 0. The molecule has 1 heterocycles. The summed E-state index contributed by atoms with van der Waals surface area (Å²) in [6.45, 7) is 5.83. The zero-order chi connectivity index (χ0) is 15.4. The Morgan fingerprint density at radius 1 is 1.05 bits per heavy atom. The predicted molar refractivity (Wildman–Crippen MR) is 91.2 cm³/mol. The maximum absolute atomic E-state index is 12.5. The lowest BCUT2D eigenvalue weighted by Crippen LogP contribution is -2.49. The first-order valence-electron chi connectivity index (χ1n) is 8.82. The molecule has 0 bridgehead atoms. The van der Waals surface area contributed by atoms with Gasteiger partial charge in [-0.2, -0.15) is 0 Å². The third-order valence-corrected chi connectivity index (χ3v) is 5.28. The minimum Gasteiger partial charge on any atom is -0.368 e. The number of rotatable bonds is 3. The molecule has 0 N–H and O–H groups in total. The van der Waals surface area contributed by atoms with Gasteiger partial charge < -0.3 is 9.80 Å². The van der Waals surface area contributed by atoms with Crippen LogP contribution in [0.2, 0.25) is 0 Å². The first-order valence-corrected chi connectivity index (χ1v) is 8.82. The SMILES string of the molecule is Cc1ccccc1N1CCN(C(=O)CC2CCCCC2)CC1. The topological polar surface area (TPSA) is 23.6 Å². The minimum absolute atomic E-state index is 0.385. The quantitative estimate of drug-likeness (QED) is 0.851. The molecule has 3 rings (SSSR count). The van der Waals surface area contributed by atoms with Gasteiger partial charge in [0.05, 0.1) is 0 Å². The number of aryl methyl sites for hydroxylation is 1. The van der Waals surface area contributed by atoms with E-state index in [0.717, 1.165) is 32.6 Å². The van der Waals surface area contributed by atoms with Gasteiger partial charge in [-0.15, -0.1) is 0 Å². The maximum atomic E-state index is 12.5. The first kappa shape index (κ1) is 15.4. The molecular formula is C19H28N2O. The lowest BCUT2D eigenvalue weighted by atomic mass is 9.86. The summed E-state index contributed by atoms with van der Waals surface area (Å²) in [4.78, 5) is 17.0. The number of carbonyl (C=O) groups excluding carboxylic acids is 1. The summed E-state index contributed by atoms with van der Waals surface area (Å²) < 4.78 is 0. The number of para-hydroxylation sites is 1. The molecule has 1 aliphatic heterocycles. The highest BCUT2D eigenvalue weighted by atomic mass is 16.2. The van der Waals surface area contributed by atoms with Crippen LogP contribution in [0.15, 0.2) is 24.3 Å². The fourth-order valence-electron chi connectivity index (χ4n) is 3.88. The van der Waals surface area contributed by atoms with Crippen molar-refractivity contribution in [3.8, 4) is 0 Å². The molecular weight excluding hydrogens is 272 g/mol. The Labute approximate surface area is 134 Å². The second kappa shape index (κ2) is 7.17. The maximum Gasteiger partial charge on any atom is 0.222 e. The number of hydrogen-bond acceptors (Lipinski definition) is 2. The van der Waals surface area contributed by atoms with Crippen LogP contribution in [0.1, 0.15) is 44.1 Å². The van der Waals surface area contributed by atoms with Gasteiger partial charge in [0, 0.05) is 38.3 Å². The van der Waals surface area contributed by atoms with Gasteiger partial charge in [-0.3, -0.25) is 4.79 Å². The van der Waals surface area contributed by atoms with Gasteiger partial charge in [-0.05, 0) is 37.3 Å². The van der Waals surface area contributed by atoms with Crippen molar-refractivity contribution in [1.29, 1.82) is 0 Å². The van der Waals surface area contributed by atoms with Crippen molar-refractivity contribution in [2.24, 2.45) is 5.92 Å². The molecule has 2 aliphatic rings. The zero-order valence-electron chi connectivity index (χ0n) is 13.8. The van der Waals surface area contributed by atoms with Crippen LogP contribution in [-0.4, -0.2) is 37.0 Å². The lowest BCUT2D eigenvalue weighted by molar-refractivity contribution is -0.132. The van der Waals surface area contributed by atoms with Gasteiger partial charge in [0.2, 0.25) is 5.91 Å². The number of amides is 1. The molecule has 120 valence electrons. The molecule has 1 aliphatic carbocycles. The number of carbonyl (C=O) groups is 1. The zero-order valence-corrected chi connectivity index (χ0v) is 13.8. The molecule has 2 fully saturated rings. The highest BCUT2D eigenvalue weighted by Crippen LogP contribution is 2.27. The van der Waals surface area contributed by atoms with E-state index in [4.69, 9.17) is 0 Å². The summed E-state index contributed by atoms with van der Waals surface area (Å²) in [5.41, 5.74) is 2.64. The molecule has 3 nitrogen and oxygen atoms in total. The van der Waals surface area contributed by atoms with Crippen LogP contribution < -0.4 is 4.90 Å². The van der Waals surface area contributed by atoms with Gasteiger partial charge >= 0.3 is 0 Å². The Bertz CT molecular complexity index is 500. The van der Waals surface area contributed by atoms with Crippen LogP contribution in [0.5, 0.6) is 0 Å². The van der Waals surface area contributed by atoms with Crippen LogP contribution in [-0.2, 0) is 4.79 Å². The number of benzene rings is 1. The summed E-state index contributed by atoms with van der Waals surface area (Å²) in [5.74, 6) is 1.03. The lowest BCUT2D eigenvalue weighted by Gasteiger charge is -2.37. The van der Waals surface area contributed by atoms with E-state index in [2.05, 4.69) is 41.0 Å². The van der Waals surface area contributed by atoms with Crippen LogP contribution in [0.25, 0.3) is 0 Å². The molecule has 1 saturated carbocycles. The van der Waals surface area contributed by atoms with Crippen LogP contribution >= 0.6 is 0 Å². The van der Waals surface area contributed by atoms with E-state index >= 15 is 0 Å². The molecule has 1 amide bonds. The van der Waals surface area contributed by atoms with Gasteiger partial charge in [-0.1, -0.05) is 37.5 Å². The second-order valence-corrected chi connectivity index (χ2v) is 6.86. The summed E-state index contributed by atoms with van der Waals surface area (Å²) in [6.07, 6.45) is 7.30. The molecule has 1 aromatic rings.